The molecule has 1 N–H and O–H groups in total. The maximum atomic E-state index is 11.0. The quantitative estimate of drug-likeness (QED) is 0.812. The summed E-state index contributed by atoms with van der Waals surface area (Å²) in [4.78, 5) is 15.1. The molecular weight excluding hydrogens is 190 g/mol. The molecule has 1 heterocycles. The molecule has 0 saturated heterocycles. The first-order valence-corrected chi connectivity index (χ1v) is 4.84. The van der Waals surface area contributed by atoms with E-state index < -0.39 is 5.97 Å². The van der Waals surface area contributed by atoms with E-state index in [9.17, 15) is 4.79 Å². The summed E-state index contributed by atoms with van der Waals surface area (Å²) in [6, 6.07) is 9.43. The number of hydrogen-bond donors (Lipinski definition) is 1. The molecule has 3 nitrogen and oxygen atoms in total. The first kappa shape index (κ1) is 9.65. The molecule has 1 aromatic heterocycles. The molecule has 76 valence electrons. The van der Waals surface area contributed by atoms with Crippen LogP contribution in [0.25, 0.3) is 10.9 Å². The number of aromatic nitrogens is 1. The van der Waals surface area contributed by atoms with E-state index >= 15 is 0 Å². The van der Waals surface area contributed by atoms with Crippen LogP contribution < -0.4 is 0 Å². The minimum Gasteiger partial charge on any atom is -0.477 e. The lowest BCUT2D eigenvalue weighted by molar-refractivity contribution is 0.0689. The van der Waals surface area contributed by atoms with E-state index in [0.717, 1.165) is 16.5 Å². The molecule has 0 aliphatic carbocycles. The van der Waals surface area contributed by atoms with Crippen LogP contribution in [0.4, 0.5) is 0 Å². The van der Waals surface area contributed by atoms with Crippen LogP contribution in [0.2, 0.25) is 0 Å². The molecule has 0 amide bonds. The Balaban J connectivity index is 2.74. The van der Waals surface area contributed by atoms with E-state index in [4.69, 9.17) is 5.11 Å². The summed E-state index contributed by atoms with van der Waals surface area (Å²) in [5.41, 5.74) is 1.67. The Hall–Kier alpha value is -1.90. The van der Waals surface area contributed by atoms with Crippen molar-refractivity contribution >= 4 is 16.9 Å². The summed E-state index contributed by atoms with van der Waals surface area (Å²) < 4.78 is 0. The van der Waals surface area contributed by atoms with Gasteiger partial charge < -0.3 is 5.11 Å². The summed E-state index contributed by atoms with van der Waals surface area (Å²) in [5.74, 6) is -0.961. The summed E-state index contributed by atoms with van der Waals surface area (Å²) in [6.07, 6.45) is 0.680. The highest BCUT2D eigenvalue weighted by atomic mass is 16.4. The molecule has 0 spiro atoms. The third-order valence-corrected chi connectivity index (χ3v) is 2.39. The maximum absolute atomic E-state index is 11.0. The van der Waals surface area contributed by atoms with Gasteiger partial charge in [-0.15, -0.1) is 0 Å². The third kappa shape index (κ3) is 1.68. The Morgan fingerprint density at radius 3 is 2.80 bits per heavy atom. The second-order valence-corrected chi connectivity index (χ2v) is 3.35. The van der Waals surface area contributed by atoms with Gasteiger partial charge in [0.2, 0.25) is 0 Å². The van der Waals surface area contributed by atoms with Crippen LogP contribution in [0.5, 0.6) is 0 Å². The summed E-state index contributed by atoms with van der Waals surface area (Å²) in [5, 5.41) is 9.98. The summed E-state index contributed by atoms with van der Waals surface area (Å²) in [7, 11) is 0. The maximum Gasteiger partial charge on any atom is 0.354 e. The molecule has 2 aromatic rings. The number of nitrogens with zero attached hydrogens (tertiary/aromatic N) is 1. The van der Waals surface area contributed by atoms with Crippen molar-refractivity contribution in [1.29, 1.82) is 0 Å². The Morgan fingerprint density at radius 2 is 2.13 bits per heavy atom. The number of para-hydroxylation sites is 1. The Labute approximate surface area is 87.4 Å². The van der Waals surface area contributed by atoms with Crippen LogP contribution in [0.3, 0.4) is 0 Å². The lowest BCUT2D eigenvalue weighted by Gasteiger charge is -2.04. The van der Waals surface area contributed by atoms with Crippen LogP contribution in [-0.4, -0.2) is 16.1 Å². The molecular formula is C12H11NO2. The fraction of sp³-hybridized carbons (Fsp3) is 0.167. The molecule has 0 radical (unpaired) electrons. The molecule has 1 aromatic carbocycles. The van der Waals surface area contributed by atoms with Crippen LogP contribution in [0, 0.1) is 0 Å². The van der Waals surface area contributed by atoms with Crippen molar-refractivity contribution in [3.63, 3.8) is 0 Å². The largest absolute Gasteiger partial charge is 0.477 e. The number of pyridine rings is 1. The van der Waals surface area contributed by atoms with Crippen molar-refractivity contribution in [2.45, 2.75) is 13.3 Å². The SMILES string of the molecule is CCc1cc2ccccc2nc1C(=O)O. The molecule has 15 heavy (non-hydrogen) atoms. The van der Waals surface area contributed by atoms with Gasteiger partial charge in [-0.25, -0.2) is 9.78 Å². The van der Waals surface area contributed by atoms with Crippen LogP contribution in [-0.2, 0) is 6.42 Å². The van der Waals surface area contributed by atoms with Gasteiger partial charge in [0.25, 0.3) is 0 Å². The lowest BCUT2D eigenvalue weighted by atomic mass is 10.1. The van der Waals surface area contributed by atoms with Crippen molar-refractivity contribution in [1.82, 2.24) is 4.98 Å². The second-order valence-electron chi connectivity index (χ2n) is 3.35. The number of hydrogen-bond acceptors (Lipinski definition) is 2. The number of rotatable bonds is 2. The fourth-order valence-corrected chi connectivity index (χ4v) is 1.61. The van der Waals surface area contributed by atoms with E-state index in [0.29, 0.717) is 6.42 Å². The van der Waals surface area contributed by atoms with Gasteiger partial charge in [0.1, 0.15) is 0 Å². The molecule has 2 rings (SSSR count). The number of benzene rings is 1. The minimum atomic E-state index is -0.961. The molecule has 0 unspecified atom stereocenters. The van der Waals surface area contributed by atoms with Gasteiger partial charge in [0.15, 0.2) is 5.69 Å². The van der Waals surface area contributed by atoms with Crippen molar-refractivity contribution in [2.24, 2.45) is 0 Å². The third-order valence-electron chi connectivity index (χ3n) is 2.39. The van der Waals surface area contributed by atoms with E-state index in [-0.39, 0.29) is 5.69 Å². The summed E-state index contributed by atoms with van der Waals surface area (Å²) >= 11 is 0. The van der Waals surface area contributed by atoms with Gasteiger partial charge in [0.05, 0.1) is 5.52 Å². The zero-order valence-electron chi connectivity index (χ0n) is 8.40. The highest BCUT2D eigenvalue weighted by Crippen LogP contribution is 2.17. The normalized spacial score (nSPS) is 10.5. The van der Waals surface area contributed by atoms with Gasteiger partial charge >= 0.3 is 5.97 Å². The minimum absolute atomic E-state index is 0.163. The molecule has 0 bridgehead atoms. The fourth-order valence-electron chi connectivity index (χ4n) is 1.61. The van der Waals surface area contributed by atoms with E-state index in [1.54, 1.807) is 0 Å². The monoisotopic (exact) mass is 201 g/mol. The van der Waals surface area contributed by atoms with Crippen LogP contribution in [0.1, 0.15) is 23.0 Å². The predicted molar refractivity (Wildman–Crippen MR) is 58.1 cm³/mol. The summed E-state index contributed by atoms with van der Waals surface area (Å²) in [6.45, 7) is 1.93. The van der Waals surface area contributed by atoms with E-state index in [2.05, 4.69) is 4.98 Å². The molecule has 0 aliphatic heterocycles. The first-order valence-electron chi connectivity index (χ1n) is 4.84. The van der Waals surface area contributed by atoms with Crippen LogP contribution >= 0.6 is 0 Å². The molecule has 0 saturated carbocycles. The number of carbonyl (C=O) groups is 1. The average molecular weight is 201 g/mol. The molecule has 0 aliphatic rings. The molecule has 3 heteroatoms. The standard InChI is InChI=1S/C12H11NO2/c1-2-8-7-9-5-3-4-6-10(9)13-11(8)12(14)15/h3-7H,2H2,1H3,(H,14,15). The van der Waals surface area contributed by atoms with Crippen molar-refractivity contribution < 1.29 is 9.90 Å². The predicted octanol–water partition coefficient (Wildman–Crippen LogP) is 2.50. The van der Waals surface area contributed by atoms with E-state index in [1.807, 2.05) is 37.3 Å². The van der Waals surface area contributed by atoms with Crippen molar-refractivity contribution in [3.8, 4) is 0 Å². The first-order chi connectivity index (χ1) is 7.22. The zero-order chi connectivity index (χ0) is 10.8. The van der Waals surface area contributed by atoms with Crippen molar-refractivity contribution in [2.75, 3.05) is 0 Å². The van der Waals surface area contributed by atoms with E-state index in [1.165, 1.54) is 0 Å². The van der Waals surface area contributed by atoms with Gasteiger partial charge in [-0.1, -0.05) is 25.1 Å². The van der Waals surface area contributed by atoms with Gasteiger partial charge in [-0.3, -0.25) is 0 Å². The Bertz CT molecular complexity index is 520. The number of fused-ring (bicyclic) bond motifs is 1. The average Bonchev–Trinajstić information content (AvgIpc) is 2.27. The number of carboxylic acid groups (broad SMARTS) is 1. The zero-order valence-corrected chi connectivity index (χ0v) is 8.40. The van der Waals surface area contributed by atoms with Gasteiger partial charge in [0, 0.05) is 5.39 Å². The number of aryl methyl sites for hydroxylation is 1. The lowest BCUT2D eigenvalue weighted by Crippen LogP contribution is -2.05. The Kier molecular flexibility index (Phi) is 2.37. The highest BCUT2D eigenvalue weighted by Gasteiger charge is 2.11. The van der Waals surface area contributed by atoms with Crippen molar-refractivity contribution in [3.05, 3.63) is 41.6 Å². The van der Waals surface area contributed by atoms with Crippen LogP contribution in [0.15, 0.2) is 30.3 Å². The smallest absolute Gasteiger partial charge is 0.354 e. The topological polar surface area (TPSA) is 50.2 Å². The molecule has 0 fully saturated rings. The second kappa shape index (κ2) is 3.69. The number of carboxylic acids is 1. The highest BCUT2D eigenvalue weighted by molar-refractivity contribution is 5.91. The van der Waals surface area contributed by atoms with Gasteiger partial charge in [-0.05, 0) is 24.1 Å². The van der Waals surface area contributed by atoms with Gasteiger partial charge in [-0.2, -0.15) is 0 Å². The Morgan fingerprint density at radius 1 is 1.40 bits per heavy atom. The molecule has 0 atom stereocenters. The number of aromatic carboxylic acids is 1.